The summed E-state index contributed by atoms with van der Waals surface area (Å²) in [7, 11) is 0. The van der Waals surface area contributed by atoms with Crippen molar-refractivity contribution in [3.8, 4) is 0 Å². The molecule has 3 atom stereocenters. The van der Waals surface area contributed by atoms with Gasteiger partial charge in [0.2, 0.25) is 0 Å². The molecule has 0 spiro atoms. The van der Waals surface area contributed by atoms with Crippen LogP contribution in [0.1, 0.15) is 32.1 Å². The summed E-state index contributed by atoms with van der Waals surface area (Å²) in [5.41, 5.74) is 0. The number of fused-ring (bicyclic) bond motifs is 1. The molecule has 0 N–H and O–H groups in total. The highest BCUT2D eigenvalue weighted by Gasteiger charge is 2.38. The lowest BCUT2D eigenvalue weighted by Gasteiger charge is -2.26. The van der Waals surface area contributed by atoms with Gasteiger partial charge in [-0.25, -0.2) is 0 Å². The van der Waals surface area contributed by atoms with Crippen molar-refractivity contribution in [1.82, 2.24) is 0 Å². The maximum absolute atomic E-state index is 11.2. The Balaban J connectivity index is 2.09. The molecule has 0 aliphatic heterocycles. The van der Waals surface area contributed by atoms with Gasteiger partial charge in [-0.1, -0.05) is 6.08 Å². The van der Waals surface area contributed by atoms with Crippen LogP contribution in [0.25, 0.3) is 0 Å². The molecule has 0 radical (unpaired) electrons. The molecule has 2 saturated carbocycles. The van der Waals surface area contributed by atoms with Crippen LogP contribution in [0.2, 0.25) is 0 Å². The van der Waals surface area contributed by atoms with Gasteiger partial charge < -0.3 is 0 Å². The number of rotatable bonds is 1. The first-order valence-electron chi connectivity index (χ1n) is 4.95. The fraction of sp³-hybridized carbons (Fsp3) is 0.727. The summed E-state index contributed by atoms with van der Waals surface area (Å²) in [6, 6.07) is 0. The van der Waals surface area contributed by atoms with E-state index in [0.29, 0.717) is 17.6 Å². The molecule has 0 aromatic rings. The third-order valence-corrected chi connectivity index (χ3v) is 3.59. The summed E-state index contributed by atoms with van der Waals surface area (Å²) in [4.78, 5) is 11.2. The van der Waals surface area contributed by atoms with Gasteiger partial charge in [-0.15, -0.1) is 6.58 Å². The van der Waals surface area contributed by atoms with Crippen LogP contribution < -0.4 is 0 Å². The topological polar surface area (TPSA) is 17.1 Å². The van der Waals surface area contributed by atoms with Gasteiger partial charge in [0.05, 0.1) is 0 Å². The molecule has 0 saturated heterocycles. The molecule has 0 aromatic carbocycles. The molecule has 1 nitrogen and oxygen atoms in total. The fourth-order valence-corrected chi connectivity index (χ4v) is 2.86. The van der Waals surface area contributed by atoms with Gasteiger partial charge in [0.15, 0.2) is 0 Å². The molecule has 0 bridgehead atoms. The van der Waals surface area contributed by atoms with Gasteiger partial charge >= 0.3 is 0 Å². The summed E-state index contributed by atoms with van der Waals surface area (Å²) >= 11 is 0. The SMILES string of the molecule is C=CC1CCC2CCC(=O)CC12. The lowest BCUT2D eigenvalue weighted by molar-refractivity contribution is -0.122. The van der Waals surface area contributed by atoms with Crippen molar-refractivity contribution in [2.45, 2.75) is 32.1 Å². The number of carbonyl (C=O) groups excluding carboxylic acids is 1. The van der Waals surface area contributed by atoms with E-state index >= 15 is 0 Å². The van der Waals surface area contributed by atoms with Gasteiger partial charge in [-0.05, 0) is 37.0 Å². The van der Waals surface area contributed by atoms with E-state index < -0.39 is 0 Å². The standard InChI is InChI=1S/C11H16O/c1-2-8-3-4-9-5-6-10(12)7-11(8)9/h2,8-9,11H,1,3-7H2. The minimum atomic E-state index is 0.477. The Hall–Kier alpha value is -0.590. The van der Waals surface area contributed by atoms with Gasteiger partial charge in [-0.3, -0.25) is 4.79 Å². The van der Waals surface area contributed by atoms with Gasteiger partial charge in [0, 0.05) is 12.8 Å². The van der Waals surface area contributed by atoms with Gasteiger partial charge in [0.25, 0.3) is 0 Å². The first kappa shape index (κ1) is 8.03. The quantitative estimate of drug-likeness (QED) is 0.544. The number of Topliss-reactive ketones (excluding diaryl/α,β-unsaturated/α-hetero) is 1. The van der Waals surface area contributed by atoms with Crippen molar-refractivity contribution in [1.29, 1.82) is 0 Å². The molecule has 0 aromatic heterocycles. The van der Waals surface area contributed by atoms with Gasteiger partial charge in [-0.2, -0.15) is 0 Å². The largest absolute Gasteiger partial charge is 0.300 e. The van der Waals surface area contributed by atoms with E-state index in [2.05, 4.69) is 12.7 Å². The number of hydrogen-bond donors (Lipinski definition) is 0. The first-order valence-corrected chi connectivity index (χ1v) is 4.95. The number of ketones is 1. The first-order chi connectivity index (χ1) is 5.81. The summed E-state index contributed by atoms with van der Waals surface area (Å²) in [5.74, 6) is 2.61. The van der Waals surface area contributed by atoms with Crippen LogP contribution in [0.15, 0.2) is 12.7 Å². The van der Waals surface area contributed by atoms with E-state index in [1.165, 1.54) is 12.8 Å². The Labute approximate surface area is 73.8 Å². The molecule has 12 heavy (non-hydrogen) atoms. The molecule has 3 unspecified atom stereocenters. The second-order valence-corrected chi connectivity index (χ2v) is 4.18. The van der Waals surface area contributed by atoms with Crippen molar-refractivity contribution in [3.63, 3.8) is 0 Å². The highest BCUT2D eigenvalue weighted by atomic mass is 16.1. The van der Waals surface area contributed by atoms with Crippen LogP contribution in [0.3, 0.4) is 0 Å². The van der Waals surface area contributed by atoms with E-state index in [1.54, 1.807) is 0 Å². The summed E-state index contributed by atoms with van der Waals surface area (Å²) in [6.07, 6.45) is 7.48. The van der Waals surface area contributed by atoms with Crippen LogP contribution in [-0.2, 0) is 4.79 Å². The van der Waals surface area contributed by atoms with Crippen molar-refractivity contribution in [3.05, 3.63) is 12.7 Å². The smallest absolute Gasteiger partial charge is 0.133 e. The molecule has 2 fully saturated rings. The Morgan fingerprint density at radius 1 is 1.33 bits per heavy atom. The predicted molar refractivity (Wildman–Crippen MR) is 48.8 cm³/mol. The molecule has 66 valence electrons. The zero-order valence-corrected chi connectivity index (χ0v) is 7.46. The lowest BCUT2D eigenvalue weighted by Crippen LogP contribution is -2.23. The number of carbonyl (C=O) groups is 1. The zero-order valence-electron chi connectivity index (χ0n) is 7.46. The van der Waals surface area contributed by atoms with Crippen molar-refractivity contribution in [2.24, 2.45) is 17.8 Å². The zero-order chi connectivity index (χ0) is 8.55. The molecule has 0 heterocycles. The minimum absolute atomic E-state index is 0.477. The van der Waals surface area contributed by atoms with E-state index in [0.717, 1.165) is 25.2 Å². The Bertz CT molecular complexity index is 207. The summed E-state index contributed by atoms with van der Waals surface area (Å²) < 4.78 is 0. The van der Waals surface area contributed by atoms with Crippen molar-refractivity contribution in [2.75, 3.05) is 0 Å². The molecule has 0 amide bonds. The summed E-state index contributed by atoms with van der Waals surface area (Å²) in [6.45, 7) is 3.85. The Morgan fingerprint density at radius 2 is 2.17 bits per heavy atom. The normalized spacial score (nSPS) is 41.0. The Morgan fingerprint density at radius 3 is 2.92 bits per heavy atom. The molecule has 2 aliphatic carbocycles. The third-order valence-electron chi connectivity index (χ3n) is 3.59. The molecular formula is C11H16O. The van der Waals surface area contributed by atoms with Crippen LogP contribution >= 0.6 is 0 Å². The predicted octanol–water partition coefficient (Wildman–Crippen LogP) is 2.57. The fourth-order valence-electron chi connectivity index (χ4n) is 2.86. The molecule has 2 aliphatic rings. The van der Waals surface area contributed by atoms with E-state index in [4.69, 9.17) is 0 Å². The van der Waals surface area contributed by atoms with Crippen molar-refractivity contribution >= 4 is 5.78 Å². The maximum Gasteiger partial charge on any atom is 0.133 e. The van der Waals surface area contributed by atoms with Crippen molar-refractivity contribution < 1.29 is 4.79 Å². The monoisotopic (exact) mass is 164 g/mol. The molecule has 1 heteroatoms. The van der Waals surface area contributed by atoms with E-state index in [-0.39, 0.29) is 0 Å². The lowest BCUT2D eigenvalue weighted by atomic mass is 9.77. The second kappa shape index (κ2) is 3.04. The van der Waals surface area contributed by atoms with Crippen LogP contribution in [0.4, 0.5) is 0 Å². The number of hydrogen-bond acceptors (Lipinski definition) is 1. The highest BCUT2D eigenvalue weighted by Crippen LogP contribution is 2.45. The van der Waals surface area contributed by atoms with Crippen LogP contribution in [0.5, 0.6) is 0 Å². The van der Waals surface area contributed by atoms with E-state index in [1.807, 2.05) is 0 Å². The maximum atomic E-state index is 11.2. The minimum Gasteiger partial charge on any atom is -0.300 e. The second-order valence-electron chi connectivity index (χ2n) is 4.18. The van der Waals surface area contributed by atoms with E-state index in [9.17, 15) is 4.79 Å². The third kappa shape index (κ3) is 1.21. The Kier molecular flexibility index (Phi) is 2.03. The molecule has 2 rings (SSSR count). The molecular weight excluding hydrogens is 148 g/mol. The number of allylic oxidation sites excluding steroid dienone is 1. The average molecular weight is 164 g/mol. The van der Waals surface area contributed by atoms with Crippen LogP contribution in [-0.4, -0.2) is 5.78 Å². The highest BCUT2D eigenvalue weighted by molar-refractivity contribution is 5.79. The average Bonchev–Trinajstić information content (AvgIpc) is 2.46. The van der Waals surface area contributed by atoms with Gasteiger partial charge in [0.1, 0.15) is 5.78 Å². The van der Waals surface area contributed by atoms with Crippen LogP contribution in [0, 0.1) is 17.8 Å². The summed E-state index contributed by atoms with van der Waals surface area (Å²) in [5, 5.41) is 0.